The third kappa shape index (κ3) is 8.36. The summed E-state index contributed by atoms with van der Waals surface area (Å²) in [7, 11) is 0. The van der Waals surface area contributed by atoms with Crippen LogP contribution in [0.3, 0.4) is 0 Å². The zero-order valence-electron chi connectivity index (χ0n) is 24.5. The van der Waals surface area contributed by atoms with E-state index in [1.165, 1.54) is 11.1 Å². The Balaban J connectivity index is 0.000000515. The maximum atomic E-state index is 13.0. The molecule has 1 fully saturated rings. The Morgan fingerprint density at radius 2 is 1.31 bits per heavy atom. The number of imidazole rings is 1. The van der Waals surface area contributed by atoms with Crippen LogP contribution in [0.25, 0.3) is 22.4 Å². The quantitative estimate of drug-likeness (QED) is 0.211. The minimum Gasteiger partial charge on any atom is -0.475 e. The van der Waals surface area contributed by atoms with E-state index in [1.807, 2.05) is 42.5 Å². The fraction of sp³-hybridized carbons (Fsp3) is 0.229. The van der Waals surface area contributed by atoms with Gasteiger partial charge in [-0.2, -0.15) is 13.2 Å². The van der Waals surface area contributed by atoms with Gasteiger partial charge in [-0.25, -0.2) is 9.78 Å². The molecule has 0 aliphatic carbocycles. The van der Waals surface area contributed by atoms with Crippen molar-refractivity contribution in [3.8, 4) is 11.4 Å². The maximum Gasteiger partial charge on any atom is 0.490 e. The highest BCUT2D eigenvalue weighted by atomic mass is 19.4. The largest absolute Gasteiger partial charge is 0.490 e. The van der Waals surface area contributed by atoms with E-state index in [2.05, 4.69) is 81.5 Å². The Morgan fingerprint density at radius 1 is 0.778 bits per heavy atom. The number of nitrogens with zero attached hydrogens (tertiary/aromatic N) is 3. The number of hydrogen-bond donors (Lipinski definition) is 2. The molecule has 1 aromatic heterocycles. The number of piperidine rings is 1. The van der Waals surface area contributed by atoms with Crippen LogP contribution in [0.1, 0.15) is 34.3 Å². The summed E-state index contributed by atoms with van der Waals surface area (Å²) in [6.45, 7) is 3.70. The molecule has 1 aliphatic heterocycles. The number of benzene rings is 4. The van der Waals surface area contributed by atoms with Crippen molar-refractivity contribution in [2.45, 2.75) is 38.1 Å². The number of alkyl halides is 3. The van der Waals surface area contributed by atoms with Gasteiger partial charge in [0.05, 0.1) is 11.0 Å². The molecule has 0 bridgehead atoms. The highest BCUT2D eigenvalue weighted by Crippen LogP contribution is 2.26. The van der Waals surface area contributed by atoms with E-state index < -0.39 is 12.1 Å². The summed E-state index contributed by atoms with van der Waals surface area (Å²) < 4.78 is 34.0. The molecule has 0 unspecified atom stereocenters. The predicted molar refractivity (Wildman–Crippen MR) is 167 cm³/mol. The lowest BCUT2D eigenvalue weighted by Gasteiger charge is -2.32. The number of fused-ring (bicyclic) bond motifs is 1. The zero-order chi connectivity index (χ0) is 31.8. The number of carboxylic acids is 1. The Bertz CT molecular complexity index is 1710. The van der Waals surface area contributed by atoms with Crippen molar-refractivity contribution < 1.29 is 27.9 Å². The molecule has 2 N–H and O–H groups in total. The van der Waals surface area contributed by atoms with Gasteiger partial charge in [0.15, 0.2) is 0 Å². The van der Waals surface area contributed by atoms with Gasteiger partial charge in [-0.1, -0.05) is 84.9 Å². The van der Waals surface area contributed by atoms with Crippen molar-refractivity contribution in [1.29, 1.82) is 0 Å². The standard InChI is InChI=1S/C33H32N4O.C2HF3O2/c38-33(34-29-19-21-36(22-20-29)23-25-9-3-1-4-10-25)28-17-15-27(16-18-28)32-35-30-13-7-8-14-31(30)37(32)24-26-11-5-2-6-12-26;3-2(4,5)1(6)7/h1-18,29H,19-24H2,(H,34,38);(H,6,7). The maximum absolute atomic E-state index is 13.0. The minimum atomic E-state index is -5.08. The summed E-state index contributed by atoms with van der Waals surface area (Å²) in [6, 6.07) is 37.3. The topological polar surface area (TPSA) is 87.5 Å². The third-order valence-corrected chi connectivity index (χ3v) is 7.66. The Morgan fingerprint density at radius 3 is 1.89 bits per heavy atom. The van der Waals surface area contributed by atoms with Gasteiger partial charge in [0.2, 0.25) is 0 Å². The third-order valence-electron chi connectivity index (χ3n) is 7.66. The van der Waals surface area contributed by atoms with Gasteiger partial charge in [-0.3, -0.25) is 9.69 Å². The van der Waals surface area contributed by atoms with Crippen molar-refractivity contribution in [2.24, 2.45) is 0 Å². The molecule has 0 atom stereocenters. The fourth-order valence-corrected chi connectivity index (χ4v) is 5.34. The number of carboxylic acid groups (broad SMARTS) is 1. The van der Waals surface area contributed by atoms with Crippen molar-refractivity contribution in [3.63, 3.8) is 0 Å². The Hall–Kier alpha value is -4.96. The van der Waals surface area contributed by atoms with E-state index in [-0.39, 0.29) is 11.9 Å². The second-order valence-electron chi connectivity index (χ2n) is 10.9. The first kappa shape index (κ1) is 31.5. The van der Waals surface area contributed by atoms with E-state index in [4.69, 9.17) is 14.9 Å². The van der Waals surface area contributed by atoms with Crippen molar-refractivity contribution in [1.82, 2.24) is 19.8 Å². The molecule has 6 rings (SSSR count). The Labute approximate surface area is 258 Å². The average Bonchev–Trinajstić information content (AvgIpc) is 3.41. The number of likely N-dealkylation sites (tertiary alicyclic amines) is 1. The summed E-state index contributed by atoms with van der Waals surface area (Å²) in [5.74, 6) is -1.85. The minimum absolute atomic E-state index is 0.00384. The SMILES string of the molecule is O=C(NC1CCN(Cc2ccccc2)CC1)c1ccc(-c2nc3ccccc3n2Cc2ccccc2)cc1.O=C(O)C(F)(F)F. The van der Waals surface area contributed by atoms with E-state index >= 15 is 0 Å². The van der Waals surface area contributed by atoms with Gasteiger partial charge < -0.3 is 15.0 Å². The van der Waals surface area contributed by atoms with E-state index in [9.17, 15) is 18.0 Å². The first-order chi connectivity index (χ1) is 21.7. The molecule has 1 saturated heterocycles. The summed E-state index contributed by atoms with van der Waals surface area (Å²) in [6.07, 6.45) is -3.14. The number of aromatic nitrogens is 2. The zero-order valence-corrected chi connectivity index (χ0v) is 24.5. The molecule has 0 spiro atoms. The summed E-state index contributed by atoms with van der Waals surface area (Å²) in [5.41, 5.74) is 6.33. The number of amides is 1. The highest BCUT2D eigenvalue weighted by Gasteiger charge is 2.38. The molecule has 232 valence electrons. The first-order valence-electron chi connectivity index (χ1n) is 14.6. The summed E-state index contributed by atoms with van der Waals surface area (Å²) in [4.78, 5) is 29.3. The van der Waals surface area contributed by atoms with Gasteiger partial charge in [0, 0.05) is 43.3 Å². The number of aliphatic carboxylic acids is 1. The van der Waals surface area contributed by atoms with Crippen LogP contribution in [0.5, 0.6) is 0 Å². The summed E-state index contributed by atoms with van der Waals surface area (Å²) in [5, 5.41) is 10.4. The smallest absolute Gasteiger partial charge is 0.475 e. The van der Waals surface area contributed by atoms with Crippen LogP contribution in [0.15, 0.2) is 109 Å². The van der Waals surface area contributed by atoms with Gasteiger partial charge in [-0.05, 0) is 48.2 Å². The monoisotopic (exact) mass is 614 g/mol. The van der Waals surface area contributed by atoms with E-state index in [0.717, 1.165) is 61.4 Å². The summed E-state index contributed by atoms with van der Waals surface area (Å²) >= 11 is 0. The van der Waals surface area contributed by atoms with Crippen LogP contribution in [-0.2, 0) is 17.9 Å². The van der Waals surface area contributed by atoms with Crippen molar-refractivity contribution in [2.75, 3.05) is 13.1 Å². The van der Waals surface area contributed by atoms with Crippen LogP contribution in [0.4, 0.5) is 13.2 Å². The van der Waals surface area contributed by atoms with Gasteiger partial charge in [0.1, 0.15) is 5.82 Å². The molecule has 10 heteroatoms. The lowest BCUT2D eigenvalue weighted by molar-refractivity contribution is -0.192. The molecular formula is C35H33F3N4O3. The molecule has 7 nitrogen and oxygen atoms in total. The van der Waals surface area contributed by atoms with Crippen LogP contribution in [0, 0.1) is 0 Å². The molecular weight excluding hydrogens is 581 g/mol. The van der Waals surface area contributed by atoms with Crippen LogP contribution in [0.2, 0.25) is 0 Å². The molecule has 4 aromatic carbocycles. The molecule has 1 amide bonds. The van der Waals surface area contributed by atoms with Crippen molar-refractivity contribution >= 4 is 22.9 Å². The van der Waals surface area contributed by atoms with Crippen molar-refractivity contribution in [3.05, 3.63) is 126 Å². The lowest BCUT2D eigenvalue weighted by atomic mass is 10.0. The number of rotatable bonds is 7. The lowest BCUT2D eigenvalue weighted by Crippen LogP contribution is -2.44. The Kier molecular flexibility index (Phi) is 9.94. The molecule has 1 aliphatic rings. The number of carbonyl (C=O) groups is 2. The number of nitrogens with one attached hydrogen (secondary N) is 1. The number of para-hydroxylation sites is 2. The fourth-order valence-electron chi connectivity index (χ4n) is 5.34. The van der Waals surface area contributed by atoms with E-state index in [0.29, 0.717) is 5.56 Å². The second kappa shape index (κ2) is 14.2. The number of hydrogen-bond acceptors (Lipinski definition) is 4. The number of carbonyl (C=O) groups excluding carboxylic acids is 1. The molecule has 0 saturated carbocycles. The van der Waals surface area contributed by atoms with Gasteiger partial charge in [-0.15, -0.1) is 0 Å². The van der Waals surface area contributed by atoms with E-state index in [1.54, 1.807) is 0 Å². The predicted octanol–water partition coefficient (Wildman–Crippen LogP) is 6.78. The average molecular weight is 615 g/mol. The molecule has 5 aromatic rings. The van der Waals surface area contributed by atoms with Gasteiger partial charge in [0.25, 0.3) is 5.91 Å². The molecule has 0 radical (unpaired) electrons. The highest BCUT2D eigenvalue weighted by molar-refractivity contribution is 5.95. The number of halogens is 3. The van der Waals surface area contributed by atoms with Gasteiger partial charge >= 0.3 is 12.1 Å². The van der Waals surface area contributed by atoms with Crippen LogP contribution >= 0.6 is 0 Å². The first-order valence-corrected chi connectivity index (χ1v) is 14.6. The van der Waals surface area contributed by atoms with Crippen LogP contribution in [-0.4, -0.2) is 56.7 Å². The normalized spacial score (nSPS) is 14.0. The second-order valence-corrected chi connectivity index (χ2v) is 10.9. The molecule has 2 heterocycles. The van der Waals surface area contributed by atoms with Crippen LogP contribution < -0.4 is 5.32 Å². The molecule has 45 heavy (non-hydrogen) atoms.